The molecule has 2 aromatic heterocycles. The lowest BCUT2D eigenvalue weighted by Crippen LogP contribution is -2.48. The third-order valence-electron chi connectivity index (χ3n) is 4.31. The summed E-state index contributed by atoms with van der Waals surface area (Å²) in [5.74, 6) is 0.640. The molecule has 0 radical (unpaired) electrons. The quantitative estimate of drug-likeness (QED) is 0.603. The van der Waals surface area contributed by atoms with Crippen LogP contribution in [0, 0.1) is 5.41 Å². The highest BCUT2D eigenvalue weighted by Gasteiger charge is 2.19. The molecule has 10 heteroatoms. The molecule has 28 heavy (non-hydrogen) atoms. The lowest BCUT2D eigenvalue weighted by molar-refractivity contribution is -0.129. The van der Waals surface area contributed by atoms with Gasteiger partial charge in [0.2, 0.25) is 11.8 Å². The zero-order valence-electron chi connectivity index (χ0n) is 15.2. The highest BCUT2D eigenvalue weighted by Crippen LogP contribution is 2.22. The second-order valence-electron chi connectivity index (χ2n) is 6.15. The standard InChI is InChI=1S/C18H20F2N6O2/c1-12(27)25-6-8-26(9-7-25)17-10-13(4-5-22-17)14-11-23-16(24-14)3-2-15(21)28-18(19)20/h2-5,10-11,18,21H,6-9H2,1H3,(H,23,24)/b3-2-,21-15?. The monoisotopic (exact) mass is 390 g/mol. The number of alkyl halides is 2. The van der Waals surface area contributed by atoms with E-state index in [0.717, 1.165) is 23.2 Å². The Morgan fingerprint density at radius 3 is 2.75 bits per heavy atom. The fourth-order valence-electron chi connectivity index (χ4n) is 2.87. The molecule has 0 unspecified atom stereocenters. The second-order valence-corrected chi connectivity index (χ2v) is 6.15. The van der Waals surface area contributed by atoms with Crippen molar-refractivity contribution in [1.29, 1.82) is 5.41 Å². The van der Waals surface area contributed by atoms with Crippen molar-refractivity contribution in [3.05, 3.63) is 36.4 Å². The van der Waals surface area contributed by atoms with E-state index in [1.165, 1.54) is 6.08 Å². The molecule has 1 aliphatic rings. The van der Waals surface area contributed by atoms with Gasteiger partial charge in [0.05, 0.1) is 11.9 Å². The zero-order valence-corrected chi connectivity index (χ0v) is 15.2. The number of nitrogens with zero attached hydrogens (tertiary/aromatic N) is 4. The van der Waals surface area contributed by atoms with E-state index in [1.54, 1.807) is 19.3 Å². The number of hydrogen-bond acceptors (Lipinski definition) is 6. The van der Waals surface area contributed by atoms with Crippen molar-refractivity contribution in [2.45, 2.75) is 13.5 Å². The van der Waals surface area contributed by atoms with Crippen LogP contribution in [0.15, 0.2) is 30.6 Å². The molecule has 1 fully saturated rings. The first kappa shape index (κ1) is 19.5. The Balaban J connectivity index is 1.68. The maximum absolute atomic E-state index is 12.0. The Morgan fingerprint density at radius 2 is 2.07 bits per heavy atom. The van der Waals surface area contributed by atoms with E-state index in [4.69, 9.17) is 5.41 Å². The summed E-state index contributed by atoms with van der Waals surface area (Å²) in [6, 6.07) is 3.75. The Labute approximate surface area is 160 Å². The van der Waals surface area contributed by atoms with Crippen molar-refractivity contribution in [1.82, 2.24) is 19.9 Å². The van der Waals surface area contributed by atoms with E-state index >= 15 is 0 Å². The number of ether oxygens (including phenoxy) is 1. The largest absolute Gasteiger partial charge is 0.418 e. The maximum Gasteiger partial charge on any atom is 0.388 e. The van der Waals surface area contributed by atoms with E-state index in [0.29, 0.717) is 32.0 Å². The third-order valence-corrected chi connectivity index (χ3v) is 4.31. The zero-order chi connectivity index (χ0) is 20.1. The Bertz CT molecular complexity index is 874. The van der Waals surface area contributed by atoms with Gasteiger partial charge in [0.15, 0.2) is 0 Å². The van der Waals surface area contributed by atoms with Gasteiger partial charge in [-0.05, 0) is 18.2 Å². The Morgan fingerprint density at radius 1 is 1.32 bits per heavy atom. The molecule has 148 valence electrons. The normalized spacial score (nSPS) is 14.7. The molecular formula is C18H20F2N6O2. The van der Waals surface area contributed by atoms with Crippen molar-refractivity contribution < 1.29 is 18.3 Å². The number of rotatable bonds is 5. The average molecular weight is 390 g/mol. The topological polar surface area (TPSA) is 98.2 Å². The van der Waals surface area contributed by atoms with Gasteiger partial charge >= 0.3 is 6.61 Å². The summed E-state index contributed by atoms with van der Waals surface area (Å²) >= 11 is 0. The first-order valence-corrected chi connectivity index (χ1v) is 8.65. The predicted octanol–water partition coefficient (Wildman–Crippen LogP) is 2.37. The number of aromatic amines is 1. The fourth-order valence-corrected chi connectivity index (χ4v) is 2.87. The van der Waals surface area contributed by atoms with Crippen LogP contribution in [0.2, 0.25) is 0 Å². The number of nitrogens with one attached hydrogen (secondary N) is 2. The molecule has 8 nitrogen and oxygen atoms in total. The van der Waals surface area contributed by atoms with Gasteiger partial charge in [-0.2, -0.15) is 8.78 Å². The summed E-state index contributed by atoms with van der Waals surface area (Å²) in [5, 5.41) is 7.25. The number of aromatic nitrogens is 3. The number of halogens is 2. The molecule has 1 saturated heterocycles. The number of H-pyrrole nitrogens is 1. The minimum absolute atomic E-state index is 0.0754. The highest BCUT2D eigenvalue weighted by atomic mass is 19.3. The second kappa shape index (κ2) is 8.59. The number of hydrogen-bond donors (Lipinski definition) is 2. The molecule has 3 heterocycles. The summed E-state index contributed by atoms with van der Waals surface area (Å²) in [5.41, 5.74) is 1.59. The SMILES string of the molecule is CC(=O)N1CCN(c2cc(-c3cnc(/C=C\C(=N)OC(F)F)[nH]3)ccn2)CC1. The summed E-state index contributed by atoms with van der Waals surface area (Å²) in [4.78, 5) is 27.0. The van der Waals surface area contributed by atoms with Crippen LogP contribution in [0.1, 0.15) is 12.7 Å². The van der Waals surface area contributed by atoms with Crippen molar-refractivity contribution in [3.8, 4) is 11.3 Å². The van der Waals surface area contributed by atoms with Crippen LogP contribution in [-0.2, 0) is 9.53 Å². The van der Waals surface area contributed by atoms with E-state index in [9.17, 15) is 13.6 Å². The molecule has 0 saturated carbocycles. The molecule has 0 atom stereocenters. The van der Waals surface area contributed by atoms with Gasteiger partial charge in [-0.3, -0.25) is 10.2 Å². The van der Waals surface area contributed by atoms with Crippen LogP contribution in [0.25, 0.3) is 17.3 Å². The number of carbonyl (C=O) groups is 1. The van der Waals surface area contributed by atoms with Crippen LogP contribution in [-0.4, -0.2) is 64.4 Å². The smallest absolute Gasteiger partial charge is 0.388 e. The summed E-state index contributed by atoms with van der Waals surface area (Å²) < 4.78 is 28.0. The van der Waals surface area contributed by atoms with Crippen LogP contribution >= 0.6 is 0 Å². The lowest BCUT2D eigenvalue weighted by Gasteiger charge is -2.35. The summed E-state index contributed by atoms with van der Waals surface area (Å²) in [7, 11) is 0. The summed E-state index contributed by atoms with van der Waals surface area (Å²) in [6.07, 6.45) is 5.80. The van der Waals surface area contributed by atoms with Crippen LogP contribution in [0.5, 0.6) is 0 Å². The lowest BCUT2D eigenvalue weighted by atomic mass is 10.2. The number of piperazine rings is 1. The number of pyridine rings is 1. The van der Waals surface area contributed by atoms with Crippen molar-refractivity contribution in [2.75, 3.05) is 31.1 Å². The number of carbonyl (C=O) groups excluding carboxylic acids is 1. The van der Waals surface area contributed by atoms with Gasteiger partial charge in [-0.1, -0.05) is 0 Å². The van der Waals surface area contributed by atoms with Crippen LogP contribution in [0.4, 0.5) is 14.6 Å². The fraction of sp³-hybridized carbons (Fsp3) is 0.333. The molecule has 1 aliphatic heterocycles. The maximum atomic E-state index is 12.0. The van der Waals surface area contributed by atoms with Gasteiger partial charge in [0, 0.05) is 50.9 Å². The van der Waals surface area contributed by atoms with E-state index < -0.39 is 12.5 Å². The highest BCUT2D eigenvalue weighted by molar-refractivity contribution is 5.88. The minimum Gasteiger partial charge on any atom is -0.418 e. The van der Waals surface area contributed by atoms with Gasteiger partial charge in [-0.25, -0.2) is 9.97 Å². The molecule has 2 N–H and O–H groups in total. The van der Waals surface area contributed by atoms with Crippen molar-refractivity contribution in [3.63, 3.8) is 0 Å². The van der Waals surface area contributed by atoms with Crippen LogP contribution in [0.3, 0.4) is 0 Å². The Kier molecular flexibility index (Phi) is 5.97. The van der Waals surface area contributed by atoms with E-state index in [2.05, 4.69) is 24.6 Å². The number of amides is 1. The van der Waals surface area contributed by atoms with E-state index in [-0.39, 0.29) is 5.91 Å². The number of imidazole rings is 1. The predicted molar refractivity (Wildman–Crippen MR) is 100 cm³/mol. The molecular weight excluding hydrogens is 370 g/mol. The van der Waals surface area contributed by atoms with Crippen LogP contribution < -0.4 is 4.90 Å². The Hall–Kier alpha value is -3.30. The third kappa shape index (κ3) is 4.90. The van der Waals surface area contributed by atoms with Gasteiger partial charge < -0.3 is 19.5 Å². The summed E-state index contributed by atoms with van der Waals surface area (Å²) in [6.45, 7) is 1.27. The molecule has 0 bridgehead atoms. The van der Waals surface area contributed by atoms with Gasteiger partial charge in [0.25, 0.3) is 0 Å². The minimum atomic E-state index is -3.03. The molecule has 0 aliphatic carbocycles. The first-order valence-electron chi connectivity index (χ1n) is 8.65. The number of anilines is 1. The van der Waals surface area contributed by atoms with E-state index in [1.807, 2.05) is 17.0 Å². The molecule has 1 amide bonds. The van der Waals surface area contributed by atoms with Gasteiger partial charge in [0.1, 0.15) is 11.6 Å². The molecule has 0 spiro atoms. The molecule has 2 aromatic rings. The van der Waals surface area contributed by atoms with Crippen molar-refractivity contribution >= 4 is 23.7 Å². The average Bonchev–Trinajstić information content (AvgIpc) is 3.15. The van der Waals surface area contributed by atoms with Gasteiger partial charge in [-0.15, -0.1) is 0 Å². The molecule has 0 aromatic carbocycles. The first-order chi connectivity index (χ1) is 13.4. The van der Waals surface area contributed by atoms with Crippen molar-refractivity contribution in [2.24, 2.45) is 0 Å². The molecule has 3 rings (SSSR count).